The molecule has 0 atom stereocenters. The monoisotopic (exact) mass is 331 g/mol. The highest BCUT2D eigenvalue weighted by Gasteiger charge is 2.11. The van der Waals surface area contributed by atoms with Crippen molar-refractivity contribution in [3.63, 3.8) is 0 Å². The Labute approximate surface area is 144 Å². The van der Waals surface area contributed by atoms with Crippen LogP contribution in [0.1, 0.15) is 21.7 Å². The molecule has 0 unspecified atom stereocenters. The summed E-state index contributed by atoms with van der Waals surface area (Å²) in [6.07, 6.45) is 5.49. The molecular weight excluding hydrogens is 314 g/mol. The average Bonchev–Trinajstić information content (AvgIpc) is 3.30. The fourth-order valence-corrected chi connectivity index (χ4v) is 2.72. The van der Waals surface area contributed by atoms with Crippen LogP contribution in [0.5, 0.6) is 0 Å². The second kappa shape index (κ2) is 6.65. The number of nitrogens with one attached hydrogen (secondary N) is 1. The van der Waals surface area contributed by atoms with Gasteiger partial charge in [-0.2, -0.15) is 0 Å². The van der Waals surface area contributed by atoms with Crippen molar-refractivity contribution in [2.75, 3.05) is 0 Å². The summed E-state index contributed by atoms with van der Waals surface area (Å²) < 4.78 is 7.59. The van der Waals surface area contributed by atoms with Crippen LogP contribution in [0.4, 0.5) is 0 Å². The number of hydrogen-bond acceptors (Lipinski definition) is 3. The molecule has 1 N–H and O–H groups in total. The summed E-state index contributed by atoms with van der Waals surface area (Å²) in [5.74, 6) is 0.122. The molecule has 1 amide bonds. The molecule has 0 aliphatic rings. The van der Waals surface area contributed by atoms with E-state index in [9.17, 15) is 4.79 Å². The van der Waals surface area contributed by atoms with Crippen molar-refractivity contribution in [3.05, 3.63) is 90.2 Å². The Morgan fingerprint density at radius 3 is 2.64 bits per heavy atom. The maximum Gasteiger partial charge on any atom is 0.287 e. The molecule has 25 heavy (non-hydrogen) atoms. The second-order valence-corrected chi connectivity index (χ2v) is 5.88. The predicted octanol–water partition coefficient (Wildman–Crippen LogP) is 3.61. The van der Waals surface area contributed by atoms with Crippen LogP contribution in [-0.2, 0) is 13.1 Å². The Morgan fingerprint density at radius 2 is 1.88 bits per heavy atom. The predicted molar refractivity (Wildman–Crippen MR) is 95.2 cm³/mol. The van der Waals surface area contributed by atoms with Gasteiger partial charge in [0.2, 0.25) is 0 Å². The molecule has 2 aromatic carbocycles. The molecule has 5 nitrogen and oxygen atoms in total. The summed E-state index contributed by atoms with van der Waals surface area (Å²) in [5.41, 5.74) is 2.95. The number of carbonyl (C=O) groups is 1. The van der Waals surface area contributed by atoms with Gasteiger partial charge in [0, 0.05) is 30.9 Å². The van der Waals surface area contributed by atoms with E-state index in [1.165, 1.54) is 5.56 Å². The average molecular weight is 331 g/mol. The number of imidazole rings is 1. The molecule has 0 fully saturated rings. The third-order valence-corrected chi connectivity index (χ3v) is 4.05. The van der Waals surface area contributed by atoms with Gasteiger partial charge in [-0.15, -0.1) is 0 Å². The van der Waals surface area contributed by atoms with Crippen molar-refractivity contribution in [1.29, 1.82) is 0 Å². The molecule has 0 aliphatic carbocycles. The summed E-state index contributed by atoms with van der Waals surface area (Å²) in [6.45, 7) is 1.24. The van der Waals surface area contributed by atoms with Gasteiger partial charge in [0.15, 0.2) is 5.76 Å². The SMILES string of the molecule is O=C(NCc1ccc(Cn2ccnc2)cc1)c1cc2ccccc2o1. The number of fused-ring (bicyclic) bond motifs is 1. The Hall–Kier alpha value is -3.34. The normalized spacial score (nSPS) is 10.9. The highest BCUT2D eigenvalue weighted by molar-refractivity contribution is 5.95. The van der Waals surface area contributed by atoms with E-state index < -0.39 is 0 Å². The fraction of sp³-hybridized carbons (Fsp3) is 0.100. The highest BCUT2D eigenvalue weighted by Crippen LogP contribution is 2.18. The Morgan fingerprint density at radius 1 is 1.08 bits per heavy atom. The summed E-state index contributed by atoms with van der Waals surface area (Å²) >= 11 is 0. The van der Waals surface area contributed by atoms with E-state index in [-0.39, 0.29) is 5.91 Å². The number of carbonyl (C=O) groups excluding carboxylic acids is 1. The van der Waals surface area contributed by atoms with Gasteiger partial charge < -0.3 is 14.3 Å². The van der Waals surface area contributed by atoms with Gasteiger partial charge in [-0.1, -0.05) is 42.5 Å². The molecule has 0 aliphatic heterocycles. The van der Waals surface area contributed by atoms with Gasteiger partial charge in [-0.05, 0) is 23.3 Å². The first-order valence-electron chi connectivity index (χ1n) is 8.08. The van der Waals surface area contributed by atoms with Crippen LogP contribution < -0.4 is 5.32 Å². The number of aromatic nitrogens is 2. The maximum atomic E-state index is 12.3. The van der Waals surface area contributed by atoms with Gasteiger partial charge in [0.05, 0.1) is 6.33 Å². The second-order valence-electron chi connectivity index (χ2n) is 5.88. The van der Waals surface area contributed by atoms with E-state index in [2.05, 4.69) is 22.4 Å². The third-order valence-electron chi connectivity index (χ3n) is 4.05. The molecule has 124 valence electrons. The van der Waals surface area contributed by atoms with Crippen molar-refractivity contribution in [2.45, 2.75) is 13.1 Å². The first-order chi connectivity index (χ1) is 12.3. The lowest BCUT2D eigenvalue weighted by Crippen LogP contribution is -2.22. The Bertz CT molecular complexity index is 952. The minimum atomic E-state index is -0.210. The standard InChI is InChI=1S/C20H17N3O2/c24-20(19-11-17-3-1-2-4-18(17)25-19)22-12-15-5-7-16(8-6-15)13-23-10-9-21-14-23/h1-11,14H,12-13H2,(H,22,24). The first-order valence-corrected chi connectivity index (χ1v) is 8.08. The Kier molecular flexibility index (Phi) is 4.04. The first kappa shape index (κ1) is 15.2. The summed E-state index contributed by atoms with van der Waals surface area (Å²) in [4.78, 5) is 16.3. The van der Waals surface area contributed by atoms with Crippen LogP contribution >= 0.6 is 0 Å². The van der Waals surface area contributed by atoms with Crippen molar-refractivity contribution in [3.8, 4) is 0 Å². The van der Waals surface area contributed by atoms with Crippen molar-refractivity contribution >= 4 is 16.9 Å². The van der Waals surface area contributed by atoms with Gasteiger partial charge in [-0.3, -0.25) is 4.79 Å². The number of hydrogen-bond donors (Lipinski definition) is 1. The van der Waals surface area contributed by atoms with E-state index in [1.807, 2.05) is 47.2 Å². The minimum Gasteiger partial charge on any atom is -0.451 e. The maximum absolute atomic E-state index is 12.3. The molecule has 0 bridgehead atoms. The van der Waals surface area contributed by atoms with E-state index in [0.29, 0.717) is 12.3 Å². The van der Waals surface area contributed by atoms with Gasteiger partial charge in [-0.25, -0.2) is 4.98 Å². The lowest BCUT2D eigenvalue weighted by Gasteiger charge is -2.06. The number of benzene rings is 2. The van der Waals surface area contributed by atoms with Crippen molar-refractivity contribution in [1.82, 2.24) is 14.9 Å². The molecule has 5 heteroatoms. The number of amides is 1. The Balaban J connectivity index is 1.38. The number of nitrogens with zero attached hydrogens (tertiary/aromatic N) is 2. The van der Waals surface area contributed by atoms with Crippen molar-refractivity contribution in [2.24, 2.45) is 0 Å². The zero-order valence-corrected chi connectivity index (χ0v) is 13.6. The van der Waals surface area contributed by atoms with Crippen LogP contribution in [0.25, 0.3) is 11.0 Å². The molecule has 0 saturated heterocycles. The molecule has 4 aromatic rings. The smallest absolute Gasteiger partial charge is 0.287 e. The topological polar surface area (TPSA) is 60.1 Å². The van der Waals surface area contributed by atoms with Gasteiger partial charge >= 0.3 is 0 Å². The summed E-state index contributed by atoms with van der Waals surface area (Å²) in [6, 6.07) is 17.5. The highest BCUT2D eigenvalue weighted by atomic mass is 16.3. The lowest BCUT2D eigenvalue weighted by atomic mass is 10.1. The van der Waals surface area contributed by atoms with Crippen LogP contribution in [-0.4, -0.2) is 15.5 Å². The quantitative estimate of drug-likeness (QED) is 0.608. The number of rotatable bonds is 5. The number of para-hydroxylation sites is 1. The molecule has 4 rings (SSSR count). The van der Waals surface area contributed by atoms with E-state index in [1.54, 1.807) is 18.6 Å². The molecule has 0 spiro atoms. The van der Waals surface area contributed by atoms with E-state index in [0.717, 1.165) is 23.1 Å². The summed E-state index contributed by atoms with van der Waals surface area (Å²) in [7, 11) is 0. The molecule has 2 aromatic heterocycles. The van der Waals surface area contributed by atoms with E-state index in [4.69, 9.17) is 4.42 Å². The van der Waals surface area contributed by atoms with Crippen LogP contribution in [0, 0.1) is 0 Å². The van der Waals surface area contributed by atoms with Gasteiger partial charge in [0.1, 0.15) is 5.58 Å². The van der Waals surface area contributed by atoms with Crippen molar-refractivity contribution < 1.29 is 9.21 Å². The van der Waals surface area contributed by atoms with E-state index >= 15 is 0 Å². The minimum absolute atomic E-state index is 0.210. The zero-order valence-electron chi connectivity index (χ0n) is 13.6. The molecule has 0 saturated carbocycles. The largest absolute Gasteiger partial charge is 0.451 e. The van der Waals surface area contributed by atoms with Gasteiger partial charge in [0.25, 0.3) is 5.91 Å². The summed E-state index contributed by atoms with van der Waals surface area (Å²) in [5, 5.41) is 3.82. The van der Waals surface area contributed by atoms with Crippen LogP contribution in [0.15, 0.2) is 77.7 Å². The lowest BCUT2D eigenvalue weighted by molar-refractivity contribution is 0.0925. The zero-order chi connectivity index (χ0) is 17.1. The molecule has 2 heterocycles. The van der Waals surface area contributed by atoms with Crippen LogP contribution in [0.3, 0.4) is 0 Å². The molecule has 0 radical (unpaired) electrons. The van der Waals surface area contributed by atoms with Crippen LogP contribution in [0.2, 0.25) is 0 Å². The molecular formula is C20H17N3O2. The third kappa shape index (κ3) is 3.45. The number of furan rings is 1. The fourth-order valence-electron chi connectivity index (χ4n) is 2.72.